The summed E-state index contributed by atoms with van der Waals surface area (Å²) >= 11 is 3.52. The van der Waals surface area contributed by atoms with E-state index >= 15 is 0 Å². The van der Waals surface area contributed by atoms with E-state index < -0.39 is 0 Å². The van der Waals surface area contributed by atoms with Crippen LogP contribution in [-0.2, 0) is 6.42 Å². The van der Waals surface area contributed by atoms with Gasteiger partial charge in [0.05, 0.1) is 0 Å². The summed E-state index contributed by atoms with van der Waals surface area (Å²) in [5.41, 5.74) is 10.0. The van der Waals surface area contributed by atoms with Crippen LogP contribution in [0.4, 0.5) is 0 Å². The highest BCUT2D eigenvalue weighted by Gasteiger charge is 2.20. The largest absolute Gasteiger partial charge is 0.324 e. The average molecular weight is 291 g/mol. The van der Waals surface area contributed by atoms with Gasteiger partial charge in [0.2, 0.25) is 0 Å². The van der Waals surface area contributed by atoms with E-state index in [9.17, 15) is 0 Å². The highest BCUT2D eigenvalue weighted by Crippen LogP contribution is 2.31. The normalized spacial score (nSPS) is 19.1. The number of nitrogens with two attached hydrogens (primary N) is 1. The van der Waals surface area contributed by atoms with Crippen molar-refractivity contribution < 1.29 is 0 Å². The fourth-order valence-electron chi connectivity index (χ4n) is 2.60. The van der Waals surface area contributed by atoms with Gasteiger partial charge in [0, 0.05) is 28.1 Å². The molecule has 0 saturated heterocycles. The first kappa shape index (κ1) is 11.1. The molecule has 17 heavy (non-hydrogen) atoms. The van der Waals surface area contributed by atoms with E-state index in [2.05, 4.69) is 51.0 Å². The Hall–Kier alpha value is -1.06. The maximum absolute atomic E-state index is 6.15. The molecule has 1 aromatic heterocycles. The van der Waals surface area contributed by atoms with Crippen molar-refractivity contribution in [2.75, 3.05) is 0 Å². The first-order valence-corrected chi connectivity index (χ1v) is 6.76. The smallest absolute Gasteiger partial charge is 0.0463 e. The van der Waals surface area contributed by atoms with Gasteiger partial charge in [-0.2, -0.15) is 0 Å². The number of aromatic nitrogens is 1. The van der Waals surface area contributed by atoms with Crippen LogP contribution in [0.3, 0.4) is 0 Å². The van der Waals surface area contributed by atoms with Gasteiger partial charge >= 0.3 is 0 Å². The van der Waals surface area contributed by atoms with E-state index in [1.165, 1.54) is 23.4 Å². The van der Waals surface area contributed by atoms with Crippen LogP contribution in [0.25, 0.3) is 5.69 Å². The summed E-state index contributed by atoms with van der Waals surface area (Å²) in [6, 6.07) is 10.8. The Morgan fingerprint density at radius 1 is 1.29 bits per heavy atom. The van der Waals surface area contributed by atoms with Crippen LogP contribution in [-0.4, -0.2) is 4.57 Å². The van der Waals surface area contributed by atoms with Gasteiger partial charge in [0.1, 0.15) is 0 Å². The van der Waals surface area contributed by atoms with E-state index in [1.807, 2.05) is 6.07 Å². The molecule has 1 unspecified atom stereocenters. The molecule has 1 heterocycles. The molecule has 2 aromatic rings. The van der Waals surface area contributed by atoms with Crippen LogP contribution in [0.15, 0.2) is 41.0 Å². The Labute approximate surface area is 110 Å². The average Bonchev–Trinajstić information content (AvgIpc) is 2.74. The van der Waals surface area contributed by atoms with Gasteiger partial charge < -0.3 is 10.3 Å². The molecule has 1 aromatic carbocycles. The molecule has 88 valence electrons. The molecule has 2 N–H and O–H groups in total. The maximum Gasteiger partial charge on any atom is 0.0463 e. The van der Waals surface area contributed by atoms with Gasteiger partial charge in [0.25, 0.3) is 0 Å². The lowest BCUT2D eigenvalue weighted by Gasteiger charge is -2.21. The van der Waals surface area contributed by atoms with Crippen LogP contribution in [0.1, 0.15) is 30.1 Å². The summed E-state index contributed by atoms with van der Waals surface area (Å²) in [5, 5.41) is 0. The van der Waals surface area contributed by atoms with Crippen molar-refractivity contribution in [3.63, 3.8) is 0 Å². The fourth-order valence-corrected chi connectivity index (χ4v) is 2.98. The second kappa shape index (κ2) is 4.31. The summed E-state index contributed by atoms with van der Waals surface area (Å²) in [4.78, 5) is 0. The lowest BCUT2D eigenvalue weighted by Crippen LogP contribution is -2.17. The summed E-state index contributed by atoms with van der Waals surface area (Å²) < 4.78 is 3.37. The second-order valence-corrected chi connectivity index (χ2v) is 5.48. The van der Waals surface area contributed by atoms with Gasteiger partial charge in [-0.25, -0.2) is 0 Å². The van der Waals surface area contributed by atoms with Crippen molar-refractivity contribution in [2.24, 2.45) is 5.73 Å². The minimum atomic E-state index is 0.215. The Morgan fingerprint density at radius 3 is 3.00 bits per heavy atom. The van der Waals surface area contributed by atoms with Gasteiger partial charge in [0.15, 0.2) is 0 Å². The van der Waals surface area contributed by atoms with Gasteiger partial charge in [-0.1, -0.05) is 22.0 Å². The molecule has 0 spiro atoms. The minimum absolute atomic E-state index is 0.215. The number of hydrogen-bond donors (Lipinski definition) is 1. The van der Waals surface area contributed by atoms with E-state index in [1.54, 1.807) is 0 Å². The van der Waals surface area contributed by atoms with Gasteiger partial charge in [-0.3, -0.25) is 0 Å². The molecule has 0 fully saturated rings. The van der Waals surface area contributed by atoms with Crippen molar-refractivity contribution in [1.29, 1.82) is 0 Å². The molecular weight excluding hydrogens is 276 g/mol. The Bertz CT molecular complexity index is 545. The van der Waals surface area contributed by atoms with Crippen LogP contribution in [0, 0.1) is 0 Å². The van der Waals surface area contributed by atoms with Crippen molar-refractivity contribution in [3.8, 4) is 5.69 Å². The predicted octanol–water partition coefficient (Wildman–Crippen LogP) is 3.58. The van der Waals surface area contributed by atoms with Gasteiger partial charge in [-0.15, -0.1) is 0 Å². The summed E-state index contributed by atoms with van der Waals surface area (Å²) in [7, 11) is 0. The van der Waals surface area contributed by atoms with Crippen molar-refractivity contribution >= 4 is 15.9 Å². The molecule has 1 aliphatic rings. The molecular formula is C14H15BrN2. The highest BCUT2D eigenvalue weighted by atomic mass is 79.9. The van der Waals surface area contributed by atoms with E-state index in [-0.39, 0.29) is 6.04 Å². The van der Waals surface area contributed by atoms with Crippen molar-refractivity contribution in [2.45, 2.75) is 25.3 Å². The molecule has 0 amide bonds. The number of hydrogen-bond acceptors (Lipinski definition) is 1. The number of nitrogens with zero attached hydrogens (tertiary/aromatic N) is 1. The Balaban J connectivity index is 2.10. The predicted molar refractivity (Wildman–Crippen MR) is 73.3 cm³/mol. The zero-order valence-electron chi connectivity index (χ0n) is 9.57. The first-order chi connectivity index (χ1) is 8.25. The highest BCUT2D eigenvalue weighted by molar-refractivity contribution is 9.10. The quantitative estimate of drug-likeness (QED) is 0.855. The molecule has 3 heteroatoms. The van der Waals surface area contributed by atoms with Crippen LogP contribution >= 0.6 is 15.9 Å². The lowest BCUT2D eigenvalue weighted by atomic mass is 9.93. The molecule has 2 nitrogen and oxygen atoms in total. The monoisotopic (exact) mass is 290 g/mol. The Morgan fingerprint density at radius 2 is 2.18 bits per heavy atom. The number of rotatable bonds is 1. The summed E-state index contributed by atoms with van der Waals surface area (Å²) in [5.74, 6) is 0. The van der Waals surface area contributed by atoms with Crippen LogP contribution in [0.2, 0.25) is 0 Å². The third kappa shape index (κ3) is 1.94. The molecule has 3 rings (SSSR count). The zero-order valence-corrected chi connectivity index (χ0v) is 11.2. The molecule has 0 saturated carbocycles. The first-order valence-electron chi connectivity index (χ1n) is 5.97. The van der Waals surface area contributed by atoms with E-state index in [0.717, 1.165) is 17.3 Å². The fraction of sp³-hybridized carbons (Fsp3) is 0.286. The SMILES string of the molecule is NC1CCCc2c1ccn2-c1cccc(Br)c1. The number of halogens is 1. The third-order valence-electron chi connectivity index (χ3n) is 3.44. The minimum Gasteiger partial charge on any atom is -0.324 e. The van der Waals surface area contributed by atoms with Crippen molar-refractivity contribution in [3.05, 3.63) is 52.3 Å². The van der Waals surface area contributed by atoms with E-state index in [0.29, 0.717) is 0 Å². The molecule has 0 aliphatic heterocycles. The zero-order chi connectivity index (χ0) is 11.8. The maximum atomic E-state index is 6.15. The standard InChI is InChI=1S/C14H15BrN2/c15-10-3-1-4-11(9-10)17-8-7-12-13(16)5-2-6-14(12)17/h1,3-4,7-9,13H,2,5-6,16H2. The topological polar surface area (TPSA) is 30.9 Å². The third-order valence-corrected chi connectivity index (χ3v) is 3.93. The number of fused-ring (bicyclic) bond motifs is 1. The van der Waals surface area contributed by atoms with Crippen molar-refractivity contribution in [1.82, 2.24) is 4.57 Å². The summed E-state index contributed by atoms with van der Waals surface area (Å²) in [6.07, 6.45) is 5.56. The van der Waals surface area contributed by atoms with Gasteiger partial charge in [-0.05, 0) is 49.1 Å². The summed E-state index contributed by atoms with van der Waals surface area (Å²) in [6.45, 7) is 0. The molecule has 1 atom stereocenters. The van der Waals surface area contributed by atoms with E-state index in [4.69, 9.17) is 5.73 Å². The molecule has 0 bridgehead atoms. The van der Waals surface area contributed by atoms with Crippen LogP contribution < -0.4 is 5.73 Å². The van der Waals surface area contributed by atoms with Crippen LogP contribution in [0.5, 0.6) is 0 Å². The Kier molecular flexibility index (Phi) is 2.81. The second-order valence-electron chi connectivity index (χ2n) is 4.57. The molecule has 1 aliphatic carbocycles. The molecule has 0 radical (unpaired) electrons. The lowest BCUT2D eigenvalue weighted by molar-refractivity contribution is 0.560. The number of benzene rings is 1.